The molecule has 0 amide bonds. The Morgan fingerprint density at radius 3 is 2.40 bits per heavy atom. The van der Waals surface area contributed by atoms with Gasteiger partial charge in [-0.1, -0.05) is 6.92 Å². The average molecular weight is 493 g/mol. The van der Waals surface area contributed by atoms with Crippen LogP contribution >= 0.6 is 23.5 Å². The summed E-state index contributed by atoms with van der Waals surface area (Å²) in [5.74, 6) is -0.262. The van der Waals surface area contributed by atoms with Crippen LogP contribution in [0.15, 0.2) is 23.1 Å². The van der Waals surface area contributed by atoms with Crippen LogP contribution < -0.4 is 11.4 Å². The van der Waals surface area contributed by atoms with Gasteiger partial charge in [-0.25, -0.2) is 23.1 Å². The number of hydrogen-bond acceptors (Lipinski definition) is 11. The minimum atomic E-state index is -5.70. The highest BCUT2D eigenvalue weighted by atomic mass is 31.3. The molecule has 1 aliphatic rings. The summed E-state index contributed by atoms with van der Waals surface area (Å²) in [5, 5.41) is 10.3. The molecule has 170 valence electrons. The molecular formula is C11H18N3O13P3. The minimum Gasteiger partial charge on any atom is -0.466 e. The molecule has 0 aliphatic carbocycles. The number of nitrogens with zero attached hydrogens (tertiary/aromatic N) is 2. The van der Waals surface area contributed by atoms with Crippen molar-refractivity contribution >= 4 is 35.2 Å². The van der Waals surface area contributed by atoms with E-state index in [4.69, 9.17) is 25.2 Å². The standard InChI is InChI=1S/C11H18N3O13P3/c1-2-11(6-24-29(20,21)27-30(22,23)26-28(17,18)19)7(15)5-9(25-11)14-4-3-8(12)13-10(14)16/h3-5,7,15H,2,6H2,1H3,(H,20,21)(H,22,23)(H2,12,13,16)(H2,17,18,19)/t7-,11+/m0/s1. The molecule has 16 nitrogen and oxygen atoms in total. The molecule has 0 spiro atoms. The number of nitrogen functional groups attached to an aromatic ring is 1. The first kappa shape index (κ1) is 24.9. The van der Waals surface area contributed by atoms with Gasteiger partial charge in [0.25, 0.3) is 0 Å². The first-order valence-corrected chi connectivity index (χ1v) is 12.3. The first-order chi connectivity index (χ1) is 13.6. The number of aliphatic hydroxyl groups is 1. The molecule has 1 aromatic heterocycles. The van der Waals surface area contributed by atoms with Crippen molar-refractivity contribution in [2.45, 2.75) is 25.0 Å². The summed E-state index contributed by atoms with van der Waals surface area (Å²) in [5.41, 5.74) is 2.81. The Morgan fingerprint density at radius 2 is 1.87 bits per heavy atom. The smallest absolute Gasteiger partial charge is 0.466 e. The molecule has 0 aromatic carbocycles. The lowest BCUT2D eigenvalue weighted by Crippen LogP contribution is -2.44. The molecule has 2 heterocycles. The molecule has 0 radical (unpaired) electrons. The van der Waals surface area contributed by atoms with E-state index in [2.05, 4.69) is 18.1 Å². The average Bonchev–Trinajstić information content (AvgIpc) is 2.86. The molecule has 30 heavy (non-hydrogen) atoms. The van der Waals surface area contributed by atoms with Crippen LogP contribution in [-0.4, -0.2) is 52.5 Å². The van der Waals surface area contributed by atoms with Gasteiger partial charge in [0.1, 0.15) is 18.5 Å². The van der Waals surface area contributed by atoms with E-state index in [0.717, 1.165) is 10.6 Å². The fourth-order valence-electron chi connectivity index (χ4n) is 2.30. The lowest BCUT2D eigenvalue weighted by atomic mass is 9.96. The van der Waals surface area contributed by atoms with Crippen LogP contribution in [0.3, 0.4) is 0 Å². The van der Waals surface area contributed by atoms with E-state index in [0.29, 0.717) is 0 Å². The number of rotatable bonds is 9. The maximum Gasteiger partial charge on any atom is 0.490 e. The van der Waals surface area contributed by atoms with Crippen molar-refractivity contribution in [2.75, 3.05) is 12.3 Å². The zero-order chi connectivity index (χ0) is 23.0. The van der Waals surface area contributed by atoms with Crippen LogP contribution in [0.1, 0.15) is 13.3 Å². The second kappa shape index (κ2) is 8.61. The Hall–Kier alpha value is -1.41. The van der Waals surface area contributed by atoms with E-state index in [9.17, 15) is 28.5 Å². The molecule has 19 heteroatoms. The van der Waals surface area contributed by atoms with Gasteiger partial charge in [-0.05, 0) is 12.5 Å². The Kier molecular flexibility index (Phi) is 7.14. The van der Waals surface area contributed by atoms with E-state index in [-0.39, 0.29) is 18.1 Å². The molecule has 2 unspecified atom stereocenters. The quantitative estimate of drug-likeness (QED) is 0.237. The Balaban J connectivity index is 2.15. The summed E-state index contributed by atoms with van der Waals surface area (Å²) in [7, 11) is -16.7. The Morgan fingerprint density at radius 1 is 1.23 bits per heavy atom. The maximum atomic E-state index is 11.9. The maximum absolute atomic E-state index is 11.9. The molecule has 1 aliphatic heterocycles. The number of anilines is 1. The first-order valence-electron chi connectivity index (χ1n) is 7.81. The van der Waals surface area contributed by atoms with Gasteiger partial charge in [0.2, 0.25) is 5.88 Å². The largest absolute Gasteiger partial charge is 0.490 e. The summed E-state index contributed by atoms with van der Waals surface area (Å²) >= 11 is 0. The highest BCUT2D eigenvalue weighted by Crippen LogP contribution is 2.66. The third-order valence-corrected chi connectivity index (χ3v) is 7.48. The summed E-state index contributed by atoms with van der Waals surface area (Å²) < 4.78 is 52.1. The van der Waals surface area contributed by atoms with Gasteiger partial charge < -0.3 is 35.2 Å². The van der Waals surface area contributed by atoms with Crippen LogP contribution in [0.5, 0.6) is 0 Å². The van der Waals surface area contributed by atoms with E-state index in [1.807, 2.05) is 0 Å². The van der Waals surface area contributed by atoms with Crippen LogP contribution in [0.2, 0.25) is 0 Å². The summed E-state index contributed by atoms with van der Waals surface area (Å²) in [6.45, 7) is 0.579. The van der Waals surface area contributed by atoms with Gasteiger partial charge in [0.15, 0.2) is 5.60 Å². The second-order valence-electron chi connectivity index (χ2n) is 5.84. The van der Waals surface area contributed by atoms with Crippen molar-refractivity contribution in [3.8, 4) is 0 Å². The highest BCUT2D eigenvalue weighted by molar-refractivity contribution is 7.66. The number of hydrogen-bond donors (Lipinski definition) is 6. The fourth-order valence-corrected chi connectivity index (χ4v) is 5.37. The number of aromatic nitrogens is 2. The molecule has 0 bridgehead atoms. The molecule has 0 saturated carbocycles. The third-order valence-electron chi connectivity index (χ3n) is 3.70. The molecule has 4 atom stereocenters. The monoisotopic (exact) mass is 493 g/mol. The third kappa shape index (κ3) is 6.30. The van der Waals surface area contributed by atoms with E-state index < -0.39 is 47.5 Å². The van der Waals surface area contributed by atoms with Crippen LogP contribution in [0.4, 0.5) is 5.82 Å². The van der Waals surface area contributed by atoms with E-state index >= 15 is 0 Å². The zero-order valence-corrected chi connectivity index (χ0v) is 17.7. The highest BCUT2D eigenvalue weighted by Gasteiger charge is 2.48. The lowest BCUT2D eigenvalue weighted by molar-refractivity contribution is -0.0696. The Bertz CT molecular complexity index is 1030. The summed E-state index contributed by atoms with van der Waals surface area (Å²) in [6.07, 6.45) is 0.760. The minimum absolute atomic E-state index is 0.0545. The summed E-state index contributed by atoms with van der Waals surface area (Å²) in [6, 6.07) is 1.27. The van der Waals surface area contributed by atoms with Crippen molar-refractivity contribution in [3.63, 3.8) is 0 Å². The topological polar surface area (TPSA) is 250 Å². The molecular weight excluding hydrogens is 475 g/mol. The number of ether oxygens (including phenoxy) is 1. The molecule has 7 N–H and O–H groups in total. The van der Waals surface area contributed by atoms with Crippen molar-refractivity contribution in [3.05, 3.63) is 28.8 Å². The van der Waals surface area contributed by atoms with Crippen LogP contribution in [0, 0.1) is 0 Å². The number of nitrogens with two attached hydrogens (primary N) is 1. The zero-order valence-electron chi connectivity index (χ0n) is 15.0. The van der Waals surface area contributed by atoms with Gasteiger partial charge in [-0.2, -0.15) is 13.6 Å². The fraction of sp³-hybridized carbons (Fsp3) is 0.455. The molecule has 2 rings (SSSR count). The Labute approximate surface area is 168 Å². The SMILES string of the molecule is CC[C@]1(COP(=O)(O)OP(=O)(O)OP(=O)(O)O)OC(n2ccc(N)nc2=O)=C[C@@H]1O. The van der Waals surface area contributed by atoms with Gasteiger partial charge in [-0.3, -0.25) is 4.52 Å². The molecule has 0 saturated heterocycles. The normalized spacial score (nSPS) is 25.8. The van der Waals surface area contributed by atoms with E-state index in [1.165, 1.54) is 19.2 Å². The van der Waals surface area contributed by atoms with Crippen molar-refractivity contribution in [2.24, 2.45) is 0 Å². The van der Waals surface area contributed by atoms with Gasteiger partial charge in [0, 0.05) is 12.3 Å². The number of phosphoric acid groups is 3. The van der Waals surface area contributed by atoms with Crippen molar-refractivity contribution < 1.29 is 56.3 Å². The van der Waals surface area contributed by atoms with Gasteiger partial charge >= 0.3 is 29.2 Å². The van der Waals surface area contributed by atoms with Crippen molar-refractivity contribution in [1.29, 1.82) is 0 Å². The predicted octanol–water partition coefficient (Wildman–Crippen LogP) is -0.493. The molecule has 0 fully saturated rings. The van der Waals surface area contributed by atoms with Crippen molar-refractivity contribution in [1.82, 2.24) is 9.55 Å². The van der Waals surface area contributed by atoms with Crippen LogP contribution in [-0.2, 0) is 31.6 Å². The van der Waals surface area contributed by atoms with Crippen LogP contribution in [0.25, 0.3) is 5.88 Å². The second-order valence-corrected chi connectivity index (χ2v) is 10.3. The molecule has 1 aromatic rings. The predicted molar refractivity (Wildman–Crippen MR) is 97.1 cm³/mol. The number of phosphoric ester groups is 1. The summed E-state index contributed by atoms with van der Waals surface area (Å²) in [4.78, 5) is 51.1. The van der Waals surface area contributed by atoms with E-state index in [1.54, 1.807) is 0 Å². The van der Waals surface area contributed by atoms with Gasteiger partial charge in [0.05, 0.1) is 0 Å². The lowest BCUT2D eigenvalue weighted by Gasteiger charge is -2.31. The van der Waals surface area contributed by atoms with Gasteiger partial charge in [-0.15, -0.1) is 0 Å². The number of aliphatic hydroxyl groups excluding tert-OH is 1.